The second-order valence-electron chi connectivity index (χ2n) is 5.64. The van der Waals surface area contributed by atoms with Crippen LogP contribution in [0.2, 0.25) is 0 Å². The zero-order chi connectivity index (χ0) is 14.0. The van der Waals surface area contributed by atoms with Gasteiger partial charge in [-0.15, -0.1) is 0 Å². The molecule has 0 N–H and O–H groups in total. The Bertz CT molecular complexity index is 590. The molecule has 1 unspecified atom stereocenters. The summed E-state index contributed by atoms with van der Waals surface area (Å²) in [6.07, 6.45) is 0. The third-order valence-electron chi connectivity index (χ3n) is 4.08. The number of aryl methyl sites for hydroxylation is 2. The van der Waals surface area contributed by atoms with E-state index in [9.17, 15) is 0 Å². The molecule has 0 spiro atoms. The van der Waals surface area contributed by atoms with Crippen molar-refractivity contribution in [1.29, 1.82) is 0 Å². The number of hydrogen-bond donors (Lipinski definition) is 0. The van der Waals surface area contributed by atoms with Crippen LogP contribution in [-0.4, -0.2) is 0 Å². The van der Waals surface area contributed by atoms with E-state index in [0.717, 1.165) is 0 Å². The Morgan fingerprint density at radius 2 is 1.53 bits per heavy atom. The van der Waals surface area contributed by atoms with Gasteiger partial charge in [0.15, 0.2) is 0 Å². The molecule has 98 valence electrons. The molecule has 1 atom stereocenters. The highest BCUT2D eigenvalue weighted by Gasteiger charge is 2.29. The quantitative estimate of drug-likeness (QED) is 0.658. The first-order valence-electron chi connectivity index (χ1n) is 6.75. The van der Waals surface area contributed by atoms with E-state index in [-0.39, 0.29) is 5.41 Å². The first-order valence-corrected chi connectivity index (χ1v) is 6.75. The summed E-state index contributed by atoms with van der Waals surface area (Å²) in [6.45, 7) is 12.9. The smallest absolute Gasteiger partial charge is 0.0377 e. The van der Waals surface area contributed by atoms with Gasteiger partial charge in [-0.2, -0.15) is 0 Å². The highest BCUT2D eigenvalue weighted by Crippen LogP contribution is 2.38. The van der Waals surface area contributed by atoms with E-state index in [1.807, 2.05) is 0 Å². The summed E-state index contributed by atoms with van der Waals surface area (Å²) >= 11 is 0. The summed E-state index contributed by atoms with van der Waals surface area (Å²) in [5, 5.41) is 0. The van der Waals surface area contributed by atoms with Crippen LogP contribution in [0.15, 0.2) is 60.7 Å². The Morgan fingerprint density at radius 3 is 2.05 bits per heavy atom. The van der Waals surface area contributed by atoms with Crippen molar-refractivity contribution in [2.75, 3.05) is 0 Å². The molecule has 0 aliphatic carbocycles. The van der Waals surface area contributed by atoms with Crippen molar-refractivity contribution in [1.82, 2.24) is 0 Å². The molecule has 2 aromatic rings. The lowest BCUT2D eigenvalue weighted by molar-refractivity contribution is 0.675. The molecular formula is C19H22. The molecule has 0 radical (unpaired) electrons. The van der Waals surface area contributed by atoms with Gasteiger partial charge in [0.05, 0.1) is 0 Å². The highest BCUT2D eigenvalue weighted by molar-refractivity contribution is 5.47. The van der Waals surface area contributed by atoms with E-state index in [0.29, 0.717) is 0 Å². The van der Waals surface area contributed by atoms with Gasteiger partial charge < -0.3 is 0 Å². The Balaban J connectivity index is 2.61. The Hall–Kier alpha value is -1.82. The topological polar surface area (TPSA) is 0 Å². The molecule has 0 aromatic heterocycles. The second-order valence-corrected chi connectivity index (χ2v) is 5.64. The molecule has 0 saturated heterocycles. The highest BCUT2D eigenvalue weighted by atomic mass is 14.3. The minimum atomic E-state index is -0.125. The van der Waals surface area contributed by atoms with Gasteiger partial charge >= 0.3 is 0 Å². The molecule has 2 rings (SSSR count). The van der Waals surface area contributed by atoms with E-state index >= 15 is 0 Å². The van der Waals surface area contributed by atoms with Crippen LogP contribution in [-0.2, 0) is 5.41 Å². The molecule has 0 nitrogen and oxygen atoms in total. The van der Waals surface area contributed by atoms with Gasteiger partial charge in [-0.3, -0.25) is 0 Å². The first-order chi connectivity index (χ1) is 8.94. The van der Waals surface area contributed by atoms with Crippen molar-refractivity contribution in [3.05, 3.63) is 82.9 Å². The van der Waals surface area contributed by atoms with Crippen molar-refractivity contribution in [3.8, 4) is 0 Å². The van der Waals surface area contributed by atoms with Crippen LogP contribution in [0, 0.1) is 13.8 Å². The number of hydrogen-bond acceptors (Lipinski definition) is 0. The Labute approximate surface area is 116 Å². The van der Waals surface area contributed by atoms with Crippen molar-refractivity contribution < 1.29 is 0 Å². The van der Waals surface area contributed by atoms with E-state index in [1.54, 1.807) is 0 Å². The maximum atomic E-state index is 4.23. The lowest BCUT2D eigenvalue weighted by Gasteiger charge is -2.32. The van der Waals surface area contributed by atoms with Gasteiger partial charge in [-0.05, 0) is 38.8 Å². The predicted octanol–water partition coefficient (Wildman–Crippen LogP) is 5.19. The fourth-order valence-electron chi connectivity index (χ4n) is 2.50. The van der Waals surface area contributed by atoms with Gasteiger partial charge in [0.1, 0.15) is 0 Å². The average molecular weight is 250 g/mol. The molecule has 0 aliphatic rings. The normalized spacial score (nSPS) is 13.9. The summed E-state index contributed by atoms with van der Waals surface area (Å²) in [5.74, 6) is 0. The minimum absolute atomic E-state index is 0.125. The number of allylic oxidation sites excluding steroid dienone is 1. The lowest BCUT2D eigenvalue weighted by Crippen LogP contribution is -2.24. The molecule has 0 amide bonds. The molecule has 2 aromatic carbocycles. The van der Waals surface area contributed by atoms with Gasteiger partial charge in [0.25, 0.3) is 0 Å². The molecule has 0 aliphatic heterocycles. The third-order valence-corrected chi connectivity index (χ3v) is 4.08. The Morgan fingerprint density at radius 1 is 0.895 bits per heavy atom. The fourth-order valence-corrected chi connectivity index (χ4v) is 2.50. The molecular weight excluding hydrogens is 228 g/mol. The molecule has 0 bridgehead atoms. The molecule has 0 heterocycles. The van der Waals surface area contributed by atoms with Crippen molar-refractivity contribution in [3.63, 3.8) is 0 Å². The zero-order valence-corrected chi connectivity index (χ0v) is 12.3. The summed E-state index contributed by atoms with van der Waals surface area (Å²) in [5.41, 5.74) is 6.23. The van der Waals surface area contributed by atoms with Crippen LogP contribution in [0.5, 0.6) is 0 Å². The second kappa shape index (κ2) is 5.05. The van der Waals surface area contributed by atoms with Crippen molar-refractivity contribution in [2.45, 2.75) is 33.1 Å². The van der Waals surface area contributed by atoms with E-state index in [1.165, 1.54) is 27.8 Å². The Kier molecular flexibility index (Phi) is 3.61. The van der Waals surface area contributed by atoms with Gasteiger partial charge in [-0.25, -0.2) is 0 Å². The predicted molar refractivity (Wildman–Crippen MR) is 83.6 cm³/mol. The largest absolute Gasteiger partial charge is 0.0989 e. The SMILES string of the molecule is C=C(C)C(C)(c1ccc(C)cc1)c1cccc(C)c1. The zero-order valence-electron chi connectivity index (χ0n) is 12.3. The molecule has 0 heteroatoms. The lowest BCUT2D eigenvalue weighted by atomic mass is 9.71. The van der Waals surface area contributed by atoms with E-state index < -0.39 is 0 Å². The van der Waals surface area contributed by atoms with Crippen molar-refractivity contribution >= 4 is 0 Å². The van der Waals surface area contributed by atoms with Crippen molar-refractivity contribution in [2.24, 2.45) is 0 Å². The monoisotopic (exact) mass is 250 g/mol. The average Bonchev–Trinajstić information content (AvgIpc) is 2.38. The number of rotatable bonds is 3. The minimum Gasteiger partial charge on any atom is -0.0989 e. The van der Waals surface area contributed by atoms with E-state index in [2.05, 4.69) is 82.8 Å². The number of benzene rings is 2. The van der Waals surface area contributed by atoms with Crippen LogP contribution in [0.3, 0.4) is 0 Å². The van der Waals surface area contributed by atoms with E-state index in [4.69, 9.17) is 0 Å². The van der Waals surface area contributed by atoms with Crippen LogP contribution in [0.1, 0.15) is 36.1 Å². The van der Waals surface area contributed by atoms with Crippen LogP contribution in [0.4, 0.5) is 0 Å². The van der Waals surface area contributed by atoms with Crippen LogP contribution >= 0.6 is 0 Å². The summed E-state index contributed by atoms with van der Waals surface area (Å²) in [6, 6.07) is 17.5. The first kappa shape index (κ1) is 13.6. The molecule has 0 fully saturated rings. The summed E-state index contributed by atoms with van der Waals surface area (Å²) in [4.78, 5) is 0. The van der Waals surface area contributed by atoms with Gasteiger partial charge in [0, 0.05) is 5.41 Å². The van der Waals surface area contributed by atoms with Crippen LogP contribution in [0.25, 0.3) is 0 Å². The molecule has 19 heavy (non-hydrogen) atoms. The van der Waals surface area contributed by atoms with Crippen LogP contribution < -0.4 is 0 Å². The van der Waals surface area contributed by atoms with Gasteiger partial charge in [0.2, 0.25) is 0 Å². The summed E-state index contributed by atoms with van der Waals surface area (Å²) in [7, 11) is 0. The third kappa shape index (κ3) is 2.49. The maximum absolute atomic E-state index is 4.23. The standard InChI is InChI=1S/C19H22/c1-14(2)19(5,17-11-9-15(3)10-12-17)18-8-6-7-16(4)13-18/h6-13H,1H2,2-5H3. The van der Waals surface area contributed by atoms with Gasteiger partial charge in [-0.1, -0.05) is 71.8 Å². The fraction of sp³-hybridized carbons (Fsp3) is 0.263. The molecule has 0 saturated carbocycles. The summed E-state index contributed by atoms with van der Waals surface area (Å²) < 4.78 is 0. The maximum Gasteiger partial charge on any atom is 0.0377 e.